The van der Waals surface area contributed by atoms with E-state index in [0.717, 1.165) is 11.1 Å². The number of rotatable bonds is 5. The van der Waals surface area contributed by atoms with E-state index in [2.05, 4.69) is 10.3 Å². The zero-order chi connectivity index (χ0) is 17.1. The van der Waals surface area contributed by atoms with Gasteiger partial charge in [0.1, 0.15) is 11.6 Å². The zero-order valence-electron chi connectivity index (χ0n) is 13.0. The standard InChI is InChI=1S/C18H16N2O4/c1-11-6-5-9-14-15(11)16(21)20-18(24-14)19-13(17(22)23)10-12-7-3-2-4-8-12/h2-9,13H,10H2,1H3,(H,22,23)(H,19,20,21)/t13-/m0/s1. The SMILES string of the molecule is Cc1cccc2oc(N[C@@H](Cc3ccccc3)C(=O)O)nc(=O)c12. The van der Waals surface area contributed by atoms with Crippen LogP contribution in [0.2, 0.25) is 0 Å². The van der Waals surface area contributed by atoms with Gasteiger partial charge in [0.2, 0.25) is 0 Å². The zero-order valence-corrected chi connectivity index (χ0v) is 13.0. The summed E-state index contributed by atoms with van der Waals surface area (Å²) in [4.78, 5) is 27.5. The van der Waals surface area contributed by atoms with Crippen LogP contribution in [0.3, 0.4) is 0 Å². The minimum absolute atomic E-state index is 0.0959. The molecule has 0 aliphatic heterocycles. The van der Waals surface area contributed by atoms with Crippen LogP contribution < -0.4 is 10.9 Å². The van der Waals surface area contributed by atoms with Gasteiger partial charge in [-0.1, -0.05) is 42.5 Å². The summed E-state index contributed by atoms with van der Waals surface area (Å²) in [6, 6.07) is 13.4. The smallest absolute Gasteiger partial charge is 0.326 e. The van der Waals surface area contributed by atoms with Crippen LogP contribution in [0.25, 0.3) is 11.0 Å². The summed E-state index contributed by atoms with van der Waals surface area (Å²) in [6.45, 7) is 1.80. The molecule has 0 aliphatic rings. The second-order valence-corrected chi connectivity index (χ2v) is 5.50. The molecule has 1 heterocycles. The number of nitrogens with zero attached hydrogens (tertiary/aromatic N) is 1. The topological polar surface area (TPSA) is 92.4 Å². The van der Waals surface area contributed by atoms with E-state index in [4.69, 9.17) is 4.42 Å². The van der Waals surface area contributed by atoms with Gasteiger partial charge in [0.25, 0.3) is 11.6 Å². The highest BCUT2D eigenvalue weighted by molar-refractivity contribution is 5.80. The van der Waals surface area contributed by atoms with E-state index in [1.165, 1.54) is 0 Å². The highest BCUT2D eigenvalue weighted by Gasteiger charge is 2.20. The molecule has 122 valence electrons. The Bertz CT molecular complexity index is 935. The Balaban J connectivity index is 1.92. The number of anilines is 1. The van der Waals surface area contributed by atoms with E-state index in [9.17, 15) is 14.7 Å². The van der Waals surface area contributed by atoms with Gasteiger partial charge in [0.05, 0.1) is 5.39 Å². The highest BCUT2D eigenvalue weighted by Crippen LogP contribution is 2.17. The van der Waals surface area contributed by atoms with Crippen molar-refractivity contribution in [3.63, 3.8) is 0 Å². The molecule has 2 aromatic carbocycles. The molecule has 0 radical (unpaired) electrons. The van der Waals surface area contributed by atoms with Gasteiger partial charge in [-0.15, -0.1) is 0 Å². The Morgan fingerprint density at radius 2 is 1.96 bits per heavy atom. The van der Waals surface area contributed by atoms with Crippen LogP contribution in [-0.2, 0) is 11.2 Å². The number of hydrogen-bond donors (Lipinski definition) is 2. The predicted molar refractivity (Wildman–Crippen MR) is 90.2 cm³/mol. The van der Waals surface area contributed by atoms with Crippen molar-refractivity contribution < 1.29 is 14.3 Å². The molecule has 0 bridgehead atoms. The van der Waals surface area contributed by atoms with Gasteiger partial charge < -0.3 is 14.8 Å². The number of aliphatic carboxylic acids is 1. The number of carboxylic acids is 1. The van der Waals surface area contributed by atoms with Gasteiger partial charge in [0.15, 0.2) is 0 Å². The first-order valence-corrected chi connectivity index (χ1v) is 7.48. The van der Waals surface area contributed by atoms with Crippen molar-refractivity contribution in [3.8, 4) is 0 Å². The van der Waals surface area contributed by atoms with Crippen molar-refractivity contribution in [2.45, 2.75) is 19.4 Å². The Morgan fingerprint density at radius 1 is 1.21 bits per heavy atom. The van der Waals surface area contributed by atoms with Gasteiger partial charge >= 0.3 is 5.97 Å². The number of carboxylic acid groups (broad SMARTS) is 1. The number of aryl methyl sites for hydroxylation is 1. The molecule has 0 spiro atoms. The summed E-state index contributed by atoms with van der Waals surface area (Å²) in [5, 5.41) is 12.5. The first-order chi connectivity index (χ1) is 11.5. The Hall–Kier alpha value is -3.15. The lowest BCUT2D eigenvalue weighted by atomic mass is 10.1. The average Bonchev–Trinajstić information content (AvgIpc) is 2.55. The Labute approximate surface area is 137 Å². The molecular formula is C18H16N2O4. The van der Waals surface area contributed by atoms with Gasteiger partial charge in [0, 0.05) is 6.42 Å². The molecule has 0 amide bonds. The first kappa shape index (κ1) is 15.7. The maximum atomic E-state index is 12.2. The van der Waals surface area contributed by atoms with Crippen LogP contribution in [0.1, 0.15) is 11.1 Å². The van der Waals surface area contributed by atoms with Gasteiger partial charge in [-0.25, -0.2) is 4.79 Å². The molecule has 0 fully saturated rings. The molecule has 6 heteroatoms. The highest BCUT2D eigenvalue weighted by atomic mass is 16.4. The van der Waals surface area contributed by atoms with E-state index < -0.39 is 17.6 Å². The summed E-state index contributed by atoms with van der Waals surface area (Å²) in [5.41, 5.74) is 1.55. The summed E-state index contributed by atoms with van der Waals surface area (Å²) < 4.78 is 5.56. The van der Waals surface area contributed by atoms with Crippen LogP contribution in [-0.4, -0.2) is 22.1 Å². The Morgan fingerprint density at radius 3 is 2.67 bits per heavy atom. The third-order valence-corrected chi connectivity index (χ3v) is 3.74. The fraction of sp³-hybridized carbons (Fsp3) is 0.167. The number of hydrogen-bond acceptors (Lipinski definition) is 5. The molecule has 0 aliphatic carbocycles. The number of nitrogens with one attached hydrogen (secondary N) is 1. The van der Waals surface area contributed by atoms with Crippen LogP contribution >= 0.6 is 0 Å². The summed E-state index contributed by atoms with van der Waals surface area (Å²) in [7, 11) is 0. The molecular weight excluding hydrogens is 308 g/mol. The van der Waals surface area contributed by atoms with Crippen LogP contribution in [0.15, 0.2) is 57.7 Å². The fourth-order valence-corrected chi connectivity index (χ4v) is 2.54. The van der Waals surface area contributed by atoms with Crippen molar-refractivity contribution in [1.82, 2.24) is 4.98 Å². The number of fused-ring (bicyclic) bond motifs is 1. The van der Waals surface area contributed by atoms with Crippen molar-refractivity contribution in [1.29, 1.82) is 0 Å². The molecule has 1 atom stereocenters. The first-order valence-electron chi connectivity index (χ1n) is 7.48. The number of carbonyl (C=O) groups is 1. The molecule has 2 N–H and O–H groups in total. The summed E-state index contributed by atoms with van der Waals surface area (Å²) in [6.07, 6.45) is 0.243. The second kappa shape index (κ2) is 6.54. The maximum absolute atomic E-state index is 12.2. The van der Waals surface area contributed by atoms with Crippen molar-refractivity contribution in [2.75, 3.05) is 5.32 Å². The molecule has 0 saturated heterocycles. The second-order valence-electron chi connectivity index (χ2n) is 5.50. The number of benzene rings is 2. The molecule has 0 saturated carbocycles. The third kappa shape index (κ3) is 3.27. The van der Waals surface area contributed by atoms with Crippen LogP contribution in [0, 0.1) is 6.92 Å². The molecule has 3 rings (SSSR count). The van der Waals surface area contributed by atoms with Gasteiger partial charge in [-0.3, -0.25) is 4.79 Å². The maximum Gasteiger partial charge on any atom is 0.326 e. The lowest BCUT2D eigenvalue weighted by Crippen LogP contribution is -2.32. The summed E-state index contributed by atoms with van der Waals surface area (Å²) in [5.74, 6) is -1.05. The van der Waals surface area contributed by atoms with E-state index in [0.29, 0.717) is 11.0 Å². The van der Waals surface area contributed by atoms with Crippen molar-refractivity contribution in [2.24, 2.45) is 0 Å². The molecule has 3 aromatic rings. The molecule has 6 nitrogen and oxygen atoms in total. The van der Waals surface area contributed by atoms with Crippen molar-refractivity contribution >= 4 is 23.0 Å². The van der Waals surface area contributed by atoms with Crippen LogP contribution in [0.5, 0.6) is 0 Å². The van der Waals surface area contributed by atoms with Crippen molar-refractivity contribution in [3.05, 3.63) is 70.0 Å². The molecule has 1 aromatic heterocycles. The summed E-state index contributed by atoms with van der Waals surface area (Å²) >= 11 is 0. The minimum atomic E-state index is -1.05. The third-order valence-electron chi connectivity index (χ3n) is 3.74. The molecule has 24 heavy (non-hydrogen) atoms. The van der Waals surface area contributed by atoms with E-state index in [1.807, 2.05) is 30.3 Å². The van der Waals surface area contributed by atoms with Gasteiger partial charge in [-0.05, 0) is 24.1 Å². The monoisotopic (exact) mass is 324 g/mol. The van der Waals surface area contributed by atoms with Crippen LogP contribution in [0.4, 0.5) is 6.01 Å². The van der Waals surface area contributed by atoms with Gasteiger partial charge in [-0.2, -0.15) is 4.98 Å². The molecule has 0 unspecified atom stereocenters. The lowest BCUT2D eigenvalue weighted by Gasteiger charge is -2.14. The number of aromatic nitrogens is 1. The minimum Gasteiger partial charge on any atom is -0.480 e. The fourth-order valence-electron chi connectivity index (χ4n) is 2.54. The van der Waals surface area contributed by atoms with E-state index >= 15 is 0 Å². The largest absolute Gasteiger partial charge is 0.480 e. The van der Waals surface area contributed by atoms with E-state index in [1.54, 1.807) is 25.1 Å². The van der Waals surface area contributed by atoms with E-state index in [-0.39, 0.29) is 12.4 Å². The normalized spacial score (nSPS) is 12.0. The average molecular weight is 324 g/mol. The predicted octanol–water partition coefficient (Wildman–Crippen LogP) is 2.60. The quantitative estimate of drug-likeness (QED) is 0.749. The Kier molecular flexibility index (Phi) is 4.29. The lowest BCUT2D eigenvalue weighted by molar-refractivity contribution is -0.137.